The van der Waals surface area contributed by atoms with Crippen LogP contribution in [0.1, 0.15) is 16.7 Å². The summed E-state index contributed by atoms with van der Waals surface area (Å²) in [5, 5.41) is 21.3. The minimum absolute atomic E-state index is 0.00647. The Morgan fingerprint density at radius 3 is 2.74 bits per heavy atom. The van der Waals surface area contributed by atoms with Gasteiger partial charge in [0, 0.05) is 4.90 Å². The van der Waals surface area contributed by atoms with Crippen molar-refractivity contribution in [3.05, 3.63) is 58.9 Å². The molecule has 2 aromatic carbocycles. The number of nitriles is 1. The maximum Gasteiger partial charge on any atom is 0.218 e. The SMILES string of the molecule is Cc1cccc(-n2nnnc2Sc2cccc(F)c2C#N)c1C. The van der Waals surface area contributed by atoms with Crippen LogP contribution in [0, 0.1) is 31.0 Å². The van der Waals surface area contributed by atoms with Crippen molar-refractivity contribution in [2.75, 3.05) is 0 Å². The van der Waals surface area contributed by atoms with E-state index >= 15 is 0 Å². The van der Waals surface area contributed by atoms with E-state index in [4.69, 9.17) is 5.26 Å². The molecule has 0 unspecified atom stereocenters. The normalized spacial score (nSPS) is 10.5. The molecule has 0 amide bonds. The third kappa shape index (κ3) is 2.81. The summed E-state index contributed by atoms with van der Waals surface area (Å²) >= 11 is 1.16. The highest BCUT2D eigenvalue weighted by Gasteiger charge is 2.16. The molecule has 0 bridgehead atoms. The van der Waals surface area contributed by atoms with Gasteiger partial charge >= 0.3 is 0 Å². The van der Waals surface area contributed by atoms with Gasteiger partial charge < -0.3 is 0 Å². The summed E-state index contributed by atoms with van der Waals surface area (Å²) in [6, 6.07) is 12.2. The molecule has 0 saturated carbocycles. The Morgan fingerprint density at radius 1 is 1.17 bits per heavy atom. The van der Waals surface area contributed by atoms with Crippen molar-refractivity contribution in [2.45, 2.75) is 23.9 Å². The minimum Gasteiger partial charge on any atom is -0.206 e. The first-order valence-electron chi connectivity index (χ1n) is 6.83. The highest BCUT2D eigenvalue weighted by Crippen LogP contribution is 2.31. The van der Waals surface area contributed by atoms with E-state index in [2.05, 4.69) is 15.5 Å². The van der Waals surface area contributed by atoms with Gasteiger partial charge in [0.15, 0.2) is 0 Å². The van der Waals surface area contributed by atoms with Crippen molar-refractivity contribution in [3.8, 4) is 11.8 Å². The molecule has 0 atom stereocenters. The lowest BCUT2D eigenvalue weighted by Gasteiger charge is -2.10. The van der Waals surface area contributed by atoms with E-state index in [1.807, 2.05) is 38.1 Å². The number of hydrogen-bond acceptors (Lipinski definition) is 5. The van der Waals surface area contributed by atoms with Gasteiger partial charge in [-0.05, 0) is 65.4 Å². The van der Waals surface area contributed by atoms with Gasteiger partial charge in [0.1, 0.15) is 17.4 Å². The average molecular weight is 325 g/mol. The topological polar surface area (TPSA) is 67.4 Å². The van der Waals surface area contributed by atoms with Crippen LogP contribution in [0.25, 0.3) is 5.69 Å². The minimum atomic E-state index is -0.553. The molecule has 5 nitrogen and oxygen atoms in total. The molecular weight excluding hydrogens is 313 g/mol. The molecule has 1 heterocycles. The van der Waals surface area contributed by atoms with E-state index in [1.54, 1.807) is 16.8 Å². The van der Waals surface area contributed by atoms with Gasteiger partial charge in [0.2, 0.25) is 5.16 Å². The summed E-state index contributed by atoms with van der Waals surface area (Å²) in [5.74, 6) is -0.553. The highest BCUT2D eigenvalue weighted by molar-refractivity contribution is 7.99. The van der Waals surface area contributed by atoms with Crippen molar-refractivity contribution in [1.82, 2.24) is 20.2 Å². The van der Waals surface area contributed by atoms with Crippen LogP contribution >= 0.6 is 11.8 Å². The number of nitrogens with zero attached hydrogens (tertiary/aromatic N) is 5. The molecule has 1 aromatic heterocycles. The van der Waals surface area contributed by atoms with Crippen molar-refractivity contribution < 1.29 is 4.39 Å². The molecule has 23 heavy (non-hydrogen) atoms. The Labute approximate surface area is 136 Å². The van der Waals surface area contributed by atoms with E-state index in [1.165, 1.54) is 6.07 Å². The lowest BCUT2D eigenvalue weighted by molar-refractivity contribution is 0.619. The molecule has 114 valence electrons. The lowest BCUT2D eigenvalue weighted by Crippen LogP contribution is -2.02. The van der Waals surface area contributed by atoms with Crippen LogP contribution in [0.5, 0.6) is 0 Å². The predicted molar refractivity (Wildman–Crippen MR) is 83.9 cm³/mol. The molecule has 0 aliphatic carbocycles. The van der Waals surface area contributed by atoms with Gasteiger partial charge in [-0.2, -0.15) is 9.94 Å². The molecule has 0 aliphatic rings. The fourth-order valence-corrected chi connectivity index (χ4v) is 3.04. The summed E-state index contributed by atoms with van der Waals surface area (Å²) in [6.07, 6.45) is 0. The second kappa shape index (κ2) is 6.18. The van der Waals surface area contributed by atoms with Crippen molar-refractivity contribution in [1.29, 1.82) is 5.26 Å². The molecule has 3 aromatic rings. The number of aryl methyl sites for hydroxylation is 1. The van der Waals surface area contributed by atoms with Crippen LogP contribution in [-0.2, 0) is 0 Å². The zero-order valence-electron chi connectivity index (χ0n) is 12.5. The third-order valence-corrected chi connectivity index (χ3v) is 4.53. The van der Waals surface area contributed by atoms with Gasteiger partial charge in [-0.3, -0.25) is 0 Å². The Kier molecular flexibility index (Phi) is 4.08. The van der Waals surface area contributed by atoms with E-state index < -0.39 is 5.82 Å². The zero-order chi connectivity index (χ0) is 16.4. The Balaban J connectivity index is 2.05. The first kappa shape index (κ1) is 15.2. The fraction of sp³-hybridized carbons (Fsp3) is 0.125. The quantitative estimate of drug-likeness (QED) is 0.738. The maximum atomic E-state index is 13.7. The number of benzene rings is 2. The van der Waals surface area contributed by atoms with E-state index in [0.717, 1.165) is 28.6 Å². The molecule has 0 spiro atoms. The summed E-state index contributed by atoms with van der Waals surface area (Å²) in [6.45, 7) is 4.00. The third-order valence-electron chi connectivity index (χ3n) is 3.53. The molecule has 0 fully saturated rings. The van der Waals surface area contributed by atoms with Gasteiger partial charge in [-0.1, -0.05) is 18.2 Å². The number of rotatable bonds is 3. The molecular formula is C16H12FN5S. The molecule has 3 rings (SSSR count). The van der Waals surface area contributed by atoms with Crippen LogP contribution < -0.4 is 0 Å². The summed E-state index contributed by atoms with van der Waals surface area (Å²) in [7, 11) is 0. The van der Waals surface area contributed by atoms with Crippen LogP contribution in [0.2, 0.25) is 0 Å². The van der Waals surface area contributed by atoms with Crippen molar-refractivity contribution in [2.24, 2.45) is 0 Å². The van der Waals surface area contributed by atoms with Gasteiger partial charge in [-0.25, -0.2) is 4.39 Å². The van der Waals surface area contributed by atoms with E-state index in [0.29, 0.717) is 10.1 Å². The Morgan fingerprint density at radius 2 is 1.96 bits per heavy atom. The molecule has 0 aliphatic heterocycles. The molecule has 0 N–H and O–H groups in total. The molecule has 0 saturated heterocycles. The standard InChI is InChI=1S/C16H12FN5S/c1-10-5-3-7-14(11(10)2)22-16(19-20-21-22)23-15-8-4-6-13(17)12(15)9-18/h3-8H,1-2H3. The van der Waals surface area contributed by atoms with Crippen LogP contribution in [0.4, 0.5) is 4.39 Å². The monoisotopic (exact) mass is 325 g/mol. The van der Waals surface area contributed by atoms with Crippen molar-refractivity contribution in [3.63, 3.8) is 0 Å². The summed E-state index contributed by atoms with van der Waals surface area (Å²) in [4.78, 5) is 0.480. The largest absolute Gasteiger partial charge is 0.218 e. The second-order valence-corrected chi connectivity index (χ2v) is 5.93. The maximum absolute atomic E-state index is 13.7. The van der Waals surface area contributed by atoms with Gasteiger partial charge in [-0.15, -0.1) is 5.10 Å². The van der Waals surface area contributed by atoms with E-state index in [-0.39, 0.29) is 5.56 Å². The predicted octanol–water partition coefficient (Wildman–Crippen LogP) is 3.44. The summed E-state index contributed by atoms with van der Waals surface area (Å²) < 4.78 is 15.3. The Bertz CT molecular complexity index is 913. The molecule has 7 heteroatoms. The van der Waals surface area contributed by atoms with Crippen LogP contribution in [0.15, 0.2) is 46.5 Å². The average Bonchev–Trinajstić information content (AvgIpc) is 2.98. The van der Waals surface area contributed by atoms with Crippen molar-refractivity contribution >= 4 is 11.8 Å². The number of halogens is 1. The summed E-state index contributed by atoms with van der Waals surface area (Å²) in [5.41, 5.74) is 3.03. The Hall–Kier alpha value is -2.72. The first-order valence-corrected chi connectivity index (χ1v) is 7.65. The number of aromatic nitrogens is 4. The second-order valence-electron chi connectivity index (χ2n) is 4.92. The number of hydrogen-bond donors (Lipinski definition) is 0. The molecule has 0 radical (unpaired) electrons. The zero-order valence-corrected chi connectivity index (χ0v) is 13.3. The van der Waals surface area contributed by atoms with E-state index in [9.17, 15) is 4.39 Å². The van der Waals surface area contributed by atoms with Gasteiger partial charge in [0.25, 0.3) is 0 Å². The number of tetrazole rings is 1. The smallest absolute Gasteiger partial charge is 0.206 e. The van der Waals surface area contributed by atoms with Crippen LogP contribution in [-0.4, -0.2) is 20.2 Å². The fourth-order valence-electron chi connectivity index (χ4n) is 2.16. The van der Waals surface area contributed by atoms with Crippen LogP contribution in [0.3, 0.4) is 0 Å². The van der Waals surface area contributed by atoms with Gasteiger partial charge in [0.05, 0.1) is 5.69 Å². The highest BCUT2D eigenvalue weighted by atomic mass is 32.2. The lowest BCUT2D eigenvalue weighted by atomic mass is 10.1. The first-order chi connectivity index (χ1) is 11.1.